The van der Waals surface area contributed by atoms with Crippen molar-refractivity contribution < 1.29 is 9.47 Å². The molecule has 1 saturated carbocycles. The van der Waals surface area contributed by atoms with Gasteiger partial charge in [0.2, 0.25) is 0 Å². The molecule has 0 aromatic rings. The highest BCUT2D eigenvalue weighted by Gasteiger charge is 2.37. The van der Waals surface area contributed by atoms with Gasteiger partial charge >= 0.3 is 0 Å². The van der Waals surface area contributed by atoms with Crippen molar-refractivity contribution >= 4 is 15.9 Å². The summed E-state index contributed by atoms with van der Waals surface area (Å²) in [7, 11) is 3.40. The fourth-order valence-electron chi connectivity index (χ4n) is 1.89. The molecule has 12 heavy (non-hydrogen) atoms. The van der Waals surface area contributed by atoms with Gasteiger partial charge in [-0.2, -0.15) is 0 Å². The lowest BCUT2D eigenvalue weighted by Crippen LogP contribution is -2.40. The Morgan fingerprint density at radius 2 is 1.58 bits per heavy atom. The molecule has 0 aromatic heterocycles. The zero-order valence-electron chi connectivity index (χ0n) is 7.81. The number of methoxy groups -OCH3 is 2. The van der Waals surface area contributed by atoms with E-state index < -0.39 is 0 Å². The van der Waals surface area contributed by atoms with E-state index in [4.69, 9.17) is 9.47 Å². The van der Waals surface area contributed by atoms with Crippen LogP contribution in [0.15, 0.2) is 0 Å². The van der Waals surface area contributed by atoms with E-state index in [-0.39, 0.29) is 10.6 Å². The first kappa shape index (κ1) is 10.5. The number of rotatable bonds is 3. The van der Waals surface area contributed by atoms with Gasteiger partial charge in [-0.25, -0.2) is 0 Å². The van der Waals surface area contributed by atoms with Crippen molar-refractivity contribution in [3.05, 3.63) is 0 Å². The summed E-state index contributed by atoms with van der Waals surface area (Å²) >= 11 is 3.73. The van der Waals surface area contributed by atoms with Crippen LogP contribution in [0.5, 0.6) is 0 Å². The predicted octanol–water partition coefficient (Wildman–Crippen LogP) is 2.70. The minimum atomic E-state index is -0.0993. The van der Waals surface area contributed by atoms with Crippen molar-refractivity contribution in [3.63, 3.8) is 0 Å². The van der Waals surface area contributed by atoms with Crippen LogP contribution in [0.25, 0.3) is 0 Å². The number of ether oxygens (including phenoxy) is 2. The third kappa shape index (κ3) is 2.21. The van der Waals surface area contributed by atoms with Gasteiger partial charge in [-0.3, -0.25) is 0 Å². The zero-order valence-corrected chi connectivity index (χ0v) is 9.39. The van der Waals surface area contributed by atoms with E-state index in [0.29, 0.717) is 0 Å². The fourth-order valence-corrected chi connectivity index (χ4v) is 2.83. The predicted molar refractivity (Wildman–Crippen MR) is 52.5 cm³/mol. The molecule has 0 aromatic carbocycles. The SMILES string of the molecule is COC(OC)C1(Br)CCCCC1. The number of hydrogen-bond donors (Lipinski definition) is 0. The first-order chi connectivity index (χ1) is 5.73. The molecule has 0 N–H and O–H groups in total. The van der Waals surface area contributed by atoms with Crippen molar-refractivity contribution in [2.45, 2.75) is 42.7 Å². The first-order valence-corrected chi connectivity index (χ1v) is 5.27. The second-order valence-corrected chi connectivity index (χ2v) is 4.98. The smallest absolute Gasteiger partial charge is 0.171 e. The summed E-state index contributed by atoms with van der Waals surface area (Å²) in [6.07, 6.45) is 6.09. The standard InChI is InChI=1S/C9H17BrO2/c1-11-8(12-2)9(10)6-4-3-5-7-9/h8H,3-7H2,1-2H3. The van der Waals surface area contributed by atoms with Crippen molar-refractivity contribution in [2.75, 3.05) is 14.2 Å². The number of halogens is 1. The summed E-state index contributed by atoms with van der Waals surface area (Å²) in [4.78, 5) is 0. The Morgan fingerprint density at radius 1 is 1.08 bits per heavy atom. The van der Waals surface area contributed by atoms with Crippen molar-refractivity contribution in [3.8, 4) is 0 Å². The monoisotopic (exact) mass is 236 g/mol. The molecule has 0 unspecified atom stereocenters. The largest absolute Gasteiger partial charge is 0.354 e. The first-order valence-electron chi connectivity index (χ1n) is 4.47. The minimum Gasteiger partial charge on any atom is -0.354 e. The molecule has 1 aliphatic carbocycles. The number of alkyl halides is 1. The van der Waals surface area contributed by atoms with Crippen LogP contribution < -0.4 is 0 Å². The molecular weight excluding hydrogens is 220 g/mol. The van der Waals surface area contributed by atoms with Gasteiger partial charge in [0.25, 0.3) is 0 Å². The van der Waals surface area contributed by atoms with Gasteiger partial charge in [-0.15, -0.1) is 0 Å². The van der Waals surface area contributed by atoms with Crippen LogP contribution in [0.3, 0.4) is 0 Å². The molecule has 0 spiro atoms. The molecule has 1 rings (SSSR count). The maximum Gasteiger partial charge on any atom is 0.171 e. The van der Waals surface area contributed by atoms with Crippen LogP contribution in [0.4, 0.5) is 0 Å². The Bertz CT molecular complexity index is 128. The summed E-state index contributed by atoms with van der Waals surface area (Å²) in [5, 5.41) is 0. The molecule has 0 radical (unpaired) electrons. The Balaban J connectivity index is 2.53. The highest BCUT2D eigenvalue weighted by Crippen LogP contribution is 2.39. The van der Waals surface area contributed by atoms with Crippen molar-refractivity contribution in [2.24, 2.45) is 0 Å². The molecule has 2 nitrogen and oxygen atoms in total. The summed E-state index contributed by atoms with van der Waals surface area (Å²) in [5.74, 6) is 0. The Kier molecular flexibility index (Phi) is 4.00. The highest BCUT2D eigenvalue weighted by molar-refractivity contribution is 9.10. The second kappa shape index (κ2) is 4.58. The van der Waals surface area contributed by atoms with Crippen LogP contribution in [-0.2, 0) is 9.47 Å². The van der Waals surface area contributed by atoms with Gasteiger partial charge in [0.05, 0.1) is 4.32 Å². The third-order valence-corrected chi connectivity index (χ3v) is 3.70. The normalized spacial score (nSPS) is 23.0. The van der Waals surface area contributed by atoms with Gasteiger partial charge in [0, 0.05) is 14.2 Å². The maximum atomic E-state index is 5.27. The Morgan fingerprint density at radius 3 is 2.00 bits per heavy atom. The molecule has 1 aliphatic rings. The average molecular weight is 237 g/mol. The van der Waals surface area contributed by atoms with E-state index in [2.05, 4.69) is 15.9 Å². The molecule has 1 fully saturated rings. The molecule has 0 amide bonds. The second-order valence-electron chi connectivity index (χ2n) is 3.40. The summed E-state index contributed by atoms with van der Waals surface area (Å²) < 4.78 is 10.6. The van der Waals surface area contributed by atoms with Crippen LogP contribution in [0.2, 0.25) is 0 Å². The lowest BCUT2D eigenvalue weighted by Gasteiger charge is -2.36. The van der Waals surface area contributed by atoms with Gasteiger partial charge in [0.15, 0.2) is 6.29 Å². The van der Waals surface area contributed by atoms with Crippen LogP contribution >= 0.6 is 15.9 Å². The summed E-state index contributed by atoms with van der Waals surface area (Å²) in [6, 6.07) is 0. The van der Waals surface area contributed by atoms with E-state index in [0.717, 1.165) is 12.8 Å². The molecule has 3 heteroatoms. The summed E-state index contributed by atoms with van der Waals surface area (Å²) in [5.41, 5.74) is 0. The lowest BCUT2D eigenvalue weighted by atomic mass is 9.88. The van der Waals surface area contributed by atoms with E-state index >= 15 is 0 Å². The van der Waals surface area contributed by atoms with Crippen LogP contribution in [0.1, 0.15) is 32.1 Å². The van der Waals surface area contributed by atoms with E-state index in [1.54, 1.807) is 14.2 Å². The Labute approximate surface area is 82.7 Å². The summed E-state index contributed by atoms with van der Waals surface area (Å²) in [6.45, 7) is 0. The van der Waals surface area contributed by atoms with Gasteiger partial charge in [-0.1, -0.05) is 35.2 Å². The zero-order chi connectivity index (χ0) is 9.03. The Hall–Kier alpha value is 0.400. The van der Waals surface area contributed by atoms with Gasteiger partial charge in [0.1, 0.15) is 0 Å². The van der Waals surface area contributed by atoms with Gasteiger partial charge < -0.3 is 9.47 Å². The topological polar surface area (TPSA) is 18.5 Å². The van der Waals surface area contributed by atoms with Crippen LogP contribution in [-0.4, -0.2) is 24.8 Å². The molecule has 0 heterocycles. The number of hydrogen-bond acceptors (Lipinski definition) is 2. The lowest BCUT2D eigenvalue weighted by molar-refractivity contribution is -0.129. The molecule has 0 bridgehead atoms. The van der Waals surface area contributed by atoms with Crippen LogP contribution in [0, 0.1) is 0 Å². The minimum absolute atomic E-state index is 0.0642. The molecular formula is C9H17BrO2. The van der Waals surface area contributed by atoms with Gasteiger partial charge in [-0.05, 0) is 12.8 Å². The highest BCUT2D eigenvalue weighted by atomic mass is 79.9. The van der Waals surface area contributed by atoms with Crippen molar-refractivity contribution in [1.29, 1.82) is 0 Å². The molecule has 72 valence electrons. The van der Waals surface area contributed by atoms with Crippen molar-refractivity contribution in [1.82, 2.24) is 0 Å². The maximum absolute atomic E-state index is 5.27. The third-order valence-electron chi connectivity index (χ3n) is 2.54. The fraction of sp³-hybridized carbons (Fsp3) is 1.00. The molecule has 0 atom stereocenters. The van der Waals surface area contributed by atoms with E-state index in [9.17, 15) is 0 Å². The van der Waals surface area contributed by atoms with E-state index in [1.165, 1.54) is 19.3 Å². The molecule has 0 saturated heterocycles. The quantitative estimate of drug-likeness (QED) is 0.555. The molecule has 0 aliphatic heterocycles. The van der Waals surface area contributed by atoms with E-state index in [1.807, 2.05) is 0 Å². The average Bonchev–Trinajstić information content (AvgIpc) is 2.07.